The number of anilines is 2. The molecule has 1 aromatic heterocycles. The van der Waals surface area contributed by atoms with Gasteiger partial charge in [-0.25, -0.2) is 13.8 Å². The van der Waals surface area contributed by atoms with E-state index in [0.717, 1.165) is 25.6 Å². The molecule has 0 radical (unpaired) electrons. The van der Waals surface area contributed by atoms with Crippen molar-refractivity contribution in [3.63, 3.8) is 0 Å². The zero-order valence-corrected chi connectivity index (χ0v) is 10.7. The Bertz CT molecular complexity index is 438. The molecule has 1 unspecified atom stereocenters. The van der Waals surface area contributed by atoms with E-state index in [4.69, 9.17) is 5.73 Å². The molecule has 1 aromatic rings. The van der Waals surface area contributed by atoms with E-state index in [1.807, 2.05) is 18.9 Å². The molecule has 0 amide bonds. The fourth-order valence-electron chi connectivity index (χ4n) is 2.36. The van der Waals surface area contributed by atoms with E-state index in [-0.39, 0.29) is 17.7 Å². The maximum absolute atomic E-state index is 13.8. The third-order valence-corrected chi connectivity index (χ3v) is 3.26. The van der Waals surface area contributed by atoms with Gasteiger partial charge in [0.2, 0.25) is 0 Å². The molecular weight excluding hydrogens is 238 g/mol. The number of rotatable bonds is 1. The van der Waals surface area contributed by atoms with Gasteiger partial charge in [-0.2, -0.15) is 0 Å². The van der Waals surface area contributed by atoms with Crippen LogP contribution in [-0.2, 0) is 0 Å². The first-order chi connectivity index (χ1) is 8.49. The minimum absolute atomic E-state index is 0.115. The van der Waals surface area contributed by atoms with Crippen LogP contribution in [0.3, 0.4) is 0 Å². The van der Waals surface area contributed by atoms with Crippen molar-refractivity contribution in [3.8, 4) is 0 Å². The van der Waals surface area contributed by atoms with Crippen molar-refractivity contribution in [1.29, 1.82) is 0 Å². The fourth-order valence-corrected chi connectivity index (χ4v) is 2.36. The number of aromatic nitrogens is 1. The van der Waals surface area contributed by atoms with E-state index in [1.165, 1.54) is 0 Å². The third kappa shape index (κ3) is 2.53. The molecule has 1 saturated heterocycles. The molecule has 0 aromatic carbocycles. The molecule has 1 atom stereocenters. The van der Waals surface area contributed by atoms with Gasteiger partial charge >= 0.3 is 0 Å². The lowest BCUT2D eigenvalue weighted by Gasteiger charge is -2.29. The van der Waals surface area contributed by atoms with Crippen LogP contribution in [0.5, 0.6) is 0 Å². The van der Waals surface area contributed by atoms with Crippen molar-refractivity contribution in [3.05, 3.63) is 17.7 Å². The van der Waals surface area contributed by atoms with Gasteiger partial charge in [0, 0.05) is 25.2 Å². The van der Waals surface area contributed by atoms with Gasteiger partial charge in [-0.05, 0) is 26.9 Å². The summed E-state index contributed by atoms with van der Waals surface area (Å²) in [6, 6.07) is 0.920. The predicted octanol–water partition coefficient (Wildman–Crippen LogP) is 1.47. The Kier molecular flexibility index (Phi) is 3.65. The van der Waals surface area contributed by atoms with Gasteiger partial charge < -0.3 is 15.5 Å². The third-order valence-electron chi connectivity index (χ3n) is 3.26. The van der Waals surface area contributed by atoms with E-state index in [1.54, 1.807) is 0 Å². The van der Waals surface area contributed by atoms with Gasteiger partial charge in [-0.3, -0.25) is 0 Å². The molecule has 0 spiro atoms. The lowest BCUT2D eigenvalue weighted by atomic mass is 10.2. The molecule has 100 valence electrons. The summed E-state index contributed by atoms with van der Waals surface area (Å²) in [5.74, 6) is -1.57. The highest BCUT2D eigenvalue weighted by molar-refractivity contribution is 5.48. The molecule has 2 heterocycles. The standard InChI is InChI=1S/C12H18F2N4/c1-8-7-17(2)4-3-5-18(8)12-10(14)6-9(13)11(15)16-12/h6,8H,3-5,7H2,1-2H3,(H2,15,16). The Hall–Kier alpha value is -1.43. The average molecular weight is 256 g/mol. The van der Waals surface area contributed by atoms with Crippen molar-refractivity contribution in [2.24, 2.45) is 0 Å². The summed E-state index contributed by atoms with van der Waals surface area (Å²) in [6.07, 6.45) is 0.916. The second-order valence-electron chi connectivity index (χ2n) is 4.82. The average Bonchev–Trinajstić information content (AvgIpc) is 2.45. The van der Waals surface area contributed by atoms with Crippen LogP contribution in [0.1, 0.15) is 13.3 Å². The molecule has 4 nitrogen and oxygen atoms in total. The highest BCUT2D eigenvalue weighted by Crippen LogP contribution is 2.24. The fraction of sp³-hybridized carbons (Fsp3) is 0.583. The lowest BCUT2D eigenvalue weighted by Crippen LogP contribution is -2.39. The second kappa shape index (κ2) is 5.06. The van der Waals surface area contributed by atoms with Gasteiger partial charge in [0.05, 0.1) is 0 Å². The van der Waals surface area contributed by atoms with Crippen molar-refractivity contribution in [2.75, 3.05) is 37.3 Å². The van der Waals surface area contributed by atoms with E-state index in [2.05, 4.69) is 9.88 Å². The Morgan fingerprint density at radius 3 is 2.78 bits per heavy atom. The smallest absolute Gasteiger partial charge is 0.168 e. The Balaban J connectivity index is 2.32. The summed E-state index contributed by atoms with van der Waals surface area (Å²) in [5, 5.41) is 0. The number of nitrogens with zero attached hydrogens (tertiary/aromatic N) is 3. The lowest BCUT2D eigenvalue weighted by molar-refractivity contribution is 0.336. The summed E-state index contributed by atoms with van der Waals surface area (Å²) in [6.45, 7) is 4.47. The summed E-state index contributed by atoms with van der Waals surface area (Å²) < 4.78 is 26.9. The van der Waals surface area contributed by atoms with Crippen LogP contribution < -0.4 is 10.6 Å². The van der Waals surface area contributed by atoms with Crippen LogP contribution in [-0.4, -0.2) is 42.6 Å². The molecule has 0 bridgehead atoms. The Morgan fingerprint density at radius 1 is 1.33 bits per heavy atom. The van der Waals surface area contributed by atoms with Crippen LogP contribution in [0.15, 0.2) is 6.07 Å². The first-order valence-corrected chi connectivity index (χ1v) is 6.05. The number of nitrogens with two attached hydrogens (primary N) is 1. The molecule has 1 fully saturated rings. The molecule has 18 heavy (non-hydrogen) atoms. The monoisotopic (exact) mass is 256 g/mol. The van der Waals surface area contributed by atoms with Crippen LogP contribution in [0, 0.1) is 11.6 Å². The Labute approximate surface area is 105 Å². The van der Waals surface area contributed by atoms with E-state index in [9.17, 15) is 8.78 Å². The summed E-state index contributed by atoms with van der Waals surface area (Å²) in [7, 11) is 2.03. The quantitative estimate of drug-likeness (QED) is 0.826. The van der Waals surface area contributed by atoms with Crippen molar-refractivity contribution < 1.29 is 8.78 Å². The van der Waals surface area contributed by atoms with E-state index < -0.39 is 11.6 Å². The number of nitrogen functional groups attached to an aromatic ring is 1. The summed E-state index contributed by atoms with van der Waals surface area (Å²) in [5.41, 5.74) is 5.42. The van der Waals surface area contributed by atoms with Crippen LogP contribution >= 0.6 is 0 Å². The number of halogens is 2. The number of hydrogen-bond donors (Lipinski definition) is 1. The minimum atomic E-state index is -0.809. The highest BCUT2D eigenvalue weighted by atomic mass is 19.1. The number of likely N-dealkylation sites (N-methyl/N-ethyl adjacent to an activating group) is 1. The minimum Gasteiger partial charge on any atom is -0.381 e. The maximum Gasteiger partial charge on any atom is 0.168 e. The molecule has 2 rings (SSSR count). The molecule has 6 heteroatoms. The van der Waals surface area contributed by atoms with Gasteiger partial charge in [0.25, 0.3) is 0 Å². The zero-order chi connectivity index (χ0) is 13.3. The number of pyridine rings is 1. The van der Waals surface area contributed by atoms with Gasteiger partial charge in [-0.1, -0.05) is 0 Å². The van der Waals surface area contributed by atoms with Gasteiger partial charge in [0.1, 0.15) is 0 Å². The topological polar surface area (TPSA) is 45.4 Å². The maximum atomic E-state index is 13.8. The molecular formula is C12H18F2N4. The Morgan fingerprint density at radius 2 is 2.06 bits per heavy atom. The predicted molar refractivity (Wildman–Crippen MR) is 67.5 cm³/mol. The van der Waals surface area contributed by atoms with Crippen LogP contribution in [0.25, 0.3) is 0 Å². The van der Waals surface area contributed by atoms with Crippen molar-refractivity contribution >= 4 is 11.6 Å². The molecule has 0 aliphatic carbocycles. The van der Waals surface area contributed by atoms with Gasteiger partial charge in [0.15, 0.2) is 23.3 Å². The SMILES string of the molecule is CC1CN(C)CCCN1c1nc(N)c(F)cc1F. The first kappa shape index (κ1) is 13.0. The molecule has 1 aliphatic heterocycles. The molecule has 2 N–H and O–H groups in total. The normalized spacial score (nSPS) is 22.0. The van der Waals surface area contributed by atoms with Crippen LogP contribution in [0.4, 0.5) is 20.4 Å². The summed E-state index contributed by atoms with van der Waals surface area (Å²) >= 11 is 0. The van der Waals surface area contributed by atoms with Crippen molar-refractivity contribution in [2.45, 2.75) is 19.4 Å². The second-order valence-corrected chi connectivity index (χ2v) is 4.82. The molecule has 0 saturated carbocycles. The first-order valence-electron chi connectivity index (χ1n) is 6.05. The highest BCUT2D eigenvalue weighted by Gasteiger charge is 2.24. The summed E-state index contributed by atoms with van der Waals surface area (Å²) in [4.78, 5) is 7.89. The zero-order valence-electron chi connectivity index (χ0n) is 10.7. The van der Waals surface area contributed by atoms with Crippen molar-refractivity contribution in [1.82, 2.24) is 9.88 Å². The largest absolute Gasteiger partial charge is 0.381 e. The number of hydrogen-bond acceptors (Lipinski definition) is 4. The van der Waals surface area contributed by atoms with E-state index >= 15 is 0 Å². The van der Waals surface area contributed by atoms with Gasteiger partial charge in [-0.15, -0.1) is 0 Å². The van der Waals surface area contributed by atoms with E-state index in [0.29, 0.717) is 6.54 Å². The van der Waals surface area contributed by atoms with Crippen LogP contribution in [0.2, 0.25) is 0 Å². The molecule has 1 aliphatic rings.